The first-order valence-corrected chi connectivity index (χ1v) is 11.2. The van der Waals surface area contributed by atoms with Crippen LogP contribution in [-0.2, 0) is 4.79 Å². The molecule has 0 saturated carbocycles. The largest absolute Gasteiger partial charge is 0.410 e. The molecule has 4 aromatic rings. The van der Waals surface area contributed by atoms with E-state index in [9.17, 15) is 4.79 Å². The third-order valence-electron chi connectivity index (χ3n) is 3.95. The van der Waals surface area contributed by atoms with Gasteiger partial charge >= 0.3 is 0 Å². The number of carbonyl (C=O) groups is 1. The predicted molar refractivity (Wildman–Crippen MR) is 113 cm³/mol. The van der Waals surface area contributed by atoms with Crippen LogP contribution < -0.4 is 4.90 Å². The van der Waals surface area contributed by atoms with Crippen LogP contribution >= 0.6 is 34.4 Å². The first-order chi connectivity index (χ1) is 13.5. The van der Waals surface area contributed by atoms with Crippen LogP contribution in [-0.4, -0.2) is 38.4 Å². The minimum atomic E-state index is -0.0453. The molecule has 28 heavy (non-hydrogen) atoms. The average Bonchev–Trinajstić information content (AvgIpc) is 3.38. The maximum atomic E-state index is 12.7. The van der Waals surface area contributed by atoms with Gasteiger partial charge in [-0.25, -0.2) is 9.97 Å². The number of thiazole rings is 2. The van der Waals surface area contributed by atoms with Crippen molar-refractivity contribution in [1.82, 2.24) is 20.2 Å². The van der Waals surface area contributed by atoms with E-state index in [1.807, 2.05) is 45.0 Å². The monoisotopic (exact) mass is 431 g/mol. The van der Waals surface area contributed by atoms with Crippen molar-refractivity contribution in [1.29, 1.82) is 0 Å². The molecule has 0 aliphatic rings. The van der Waals surface area contributed by atoms with Crippen molar-refractivity contribution in [3.8, 4) is 10.8 Å². The lowest BCUT2D eigenvalue weighted by molar-refractivity contribution is -0.116. The minimum absolute atomic E-state index is 0.0453. The van der Waals surface area contributed by atoms with E-state index in [2.05, 4.69) is 20.2 Å². The molecule has 10 heteroatoms. The third kappa shape index (κ3) is 3.80. The van der Waals surface area contributed by atoms with Gasteiger partial charge in [-0.1, -0.05) is 35.2 Å². The highest BCUT2D eigenvalue weighted by Crippen LogP contribution is 2.32. The van der Waals surface area contributed by atoms with Gasteiger partial charge in [0, 0.05) is 6.54 Å². The topological polar surface area (TPSA) is 85.0 Å². The van der Waals surface area contributed by atoms with E-state index in [0.29, 0.717) is 22.8 Å². The molecule has 0 atom stereocenters. The summed E-state index contributed by atoms with van der Waals surface area (Å²) in [5.41, 5.74) is 1.77. The fourth-order valence-electron chi connectivity index (χ4n) is 2.68. The number of hydrogen-bond acceptors (Lipinski definition) is 9. The van der Waals surface area contributed by atoms with Crippen molar-refractivity contribution in [2.75, 3.05) is 17.2 Å². The zero-order valence-corrected chi connectivity index (χ0v) is 18.0. The maximum Gasteiger partial charge on any atom is 0.277 e. The number of hydrogen-bond donors (Lipinski definition) is 0. The molecule has 0 radical (unpaired) electrons. The van der Waals surface area contributed by atoms with Gasteiger partial charge in [-0.15, -0.1) is 21.5 Å². The molecule has 1 amide bonds. The van der Waals surface area contributed by atoms with Crippen LogP contribution in [0.15, 0.2) is 33.9 Å². The maximum absolute atomic E-state index is 12.7. The average molecular weight is 432 g/mol. The molecule has 4 rings (SSSR count). The van der Waals surface area contributed by atoms with E-state index in [-0.39, 0.29) is 11.7 Å². The van der Waals surface area contributed by atoms with Crippen LogP contribution in [0.5, 0.6) is 0 Å². The van der Waals surface area contributed by atoms with Crippen molar-refractivity contribution in [2.24, 2.45) is 0 Å². The third-order valence-corrected chi connectivity index (χ3v) is 6.88. The lowest BCUT2D eigenvalue weighted by atomic mass is 10.3. The Kier molecular flexibility index (Phi) is 5.42. The number of carbonyl (C=O) groups excluding carboxylic acids is 1. The van der Waals surface area contributed by atoms with E-state index < -0.39 is 0 Å². The van der Waals surface area contributed by atoms with Gasteiger partial charge in [0.05, 0.1) is 26.7 Å². The van der Waals surface area contributed by atoms with Crippen molar-refractivity contribution >= 4 is 55.7 Å². The van der Waals surface area contributed by atoms with Gasteiger partial charge in [-0.2, -0.15) is 0 Å². The molecule has 0 aliphatic carbocycles. The summed E-state index contributed by atoms with van der Waals surface area (Å²) in [7, 11) is 0. The molecule has 0 fully saturated rings. The van der Waals surface area contributed by atoms with Crippen LogP contribution in [0.4, 0.5) is 5.13 Å². The molecule has 0 unspecified atom stereocenters. The number of thioether (sulfide) groups is 1. The number of benzene rings is 1. The van der Waals surface area contributed by atoms with Gasteiger partial charge in [0.15, 0.2) is 5.13 Å². The highest BCUT2D eigenvalue weighted by molar-refractivity contribution is 7.99. The lowest BCUT2D eigenvalue weighted by Gasteiger charge is -2.16. The highest BCUT2D eigenvalue weighted by atomic mass is 32.2. The molecule has 0 N–H and O–H groups in total. The van der Waals surface area contributed by atoms with Gasteiger partial charge in [-0.3, -0.25) is 9.69 Å². The van der Waals surface area contributed by atoms with Gasteiger partial charge < -0.3 is 4.42 Å². The smallest absolute Gasteiger partial charge is 0.277 e. The molecule has 3 heterocycles. The summed E-state index contributed by atoms with van der Waals surface area (Å²) in [5.74, 6) is 0.597. The first-order valence-electron chi connectivity index (χ1n) is 8.61. The number of fused-ring (bicyclic) bond motifs is 1. The standard InChI is InChI=1S/C18H17N5O2S3/c1-4-23(17-20-12-7-5-6-8-13(12)28-17)14(24)9-26-18-22-21-16(25-18)15-10(2)19-11(3)27-15/h5-8H,4,9H2,1-3H3. The summed E-state index contributed by atoms with van der Waals surface area (Å²) in [6, 6.07) is 7.87. The summed E-state index contributed by atoms with van der Waals surface area (Å²) in [6.45, 7) is 6.34. The first kappa shape index (κ1) is 19.0. The number of anilines is 1. The van der Waals surface area contributed by atoms with Crippen molar-refractivity contribution in [2.45, 2.75) is 26.0 Å². The van der Waals surface area contributed by atoms with Crippen molar-refractivity contribution < 1.29 is 9.21 Å². The van der Waals surface area contributed by atoms with E-state index in [0.717, 1.165) is 25.8 Å². The molecule has 3 aromatic heterocycles. The SMILES string of the molecule is CCN(C(=O)CSc1nnc(-c2sc(C)nc2C)o1)c1nc2ccccc2s1. The molecule has 0 bridgehead atoms. The van der Waals surface area contributed by atoms with E-state index in [4.69, 9.17) is 4.42 Å². The Hall–Kier alpha value is -2.30. The second-order valence-corrected chi connectivity index (χ2v) is 9.05. The fourth-order valence-corrected chi connectivity index (χ4v) is 5.21. The second kappa shape index (κ2) is 7.98. The Morgan fingerprint density at radius 1 is 1.18 bits per heavy atom. The van der Waals surface area contributed by atoms with Gasteiger partial charge in [0.1, 0.15) is 4.88 Å². The predicted octanol–water partition coefficient (Wildman–Crippen LogP) is 4.56. The summed E-state index contributed by atoms with van der Waals surface area (Å²) >= 11 is 4.26. The molecular formula is C18H17N5O2S3. The van der Waals surface area contributed by atoms with Crippen LogP contribution in [0.3, 0.4) is 0 Å². The van der Waals surface area contributed by atoms with Crippen LogP contribution in [0.2, 0.25) is 0 Å². The number of aromatic nitrogens is 4. The normalized spacial score (nSPS) is 11.2. The Balaban J connectivity index is 1.45. The molecule has 1 aromatic carbocycles. The minimum Gasteiger partial charge on any atom is -0.410 e. The number of aryl methyl sites for hydroxylation is 2. The molecular weight excluding hydrogens is 414 g/mol. The van der Waals surface area contributed by atoms with E-state index in [1.165, 1.54) is 34.4 Å². The van der Waals surface area contributed by atoms with E-state index in [1.54, 1.807) is 4.90 Å². The number of nitrogens with zero attached hydrogens (tertiary/aromatic N) is 5. The van der Waals surface area contributed by atoms with Crippen molar-refractivity contribution in [3.63, 3.8) is 0 Å². The van der Waals surface area contributed by atoms with Crippen LogP contribution in [0, 0.1) is 13.8 Å². The fraction of sp³-hybridized carbons (Fsp3) is 0.278. The Morgan fingerprint density at radius 2 is 2.00 bits per heavy atom. The van der Waals surface area contributed by atoms with Crippen molar-refractivity contribution in [3.05, 3.63) is 35.0 Å². The molecule has 0 aliphatic heterocycles. The van der Waals surface area contributed by atoms with Gasteiger partial charge in [0.2, 0.25) is 5.91 Å². The Bertz CT molecular complexity index is 1100. The zero-order chi connectivity index (χ0) is 19.7. The Morgan fingerprint density at radius 3 is 2.71 bits per heavy atom. The Labute approximate surface area is 173 Å². The second-order valence-electron chi connectivity index (χ2n) is 5.91. The van der Waals surface area contributed by atoms with Crippen LogP contribution in [0.1, 0.15) is 17.6 Å². The number of rotatable bonds is 6. The van der Waals surface area contributed by atoms with E-state index >= 15 is 0 Å². The summed E-state index contributed by atoms with van der Waals surface area (Å²) in [4.78, 5) is 24.2. The summed E-state index contributed by atoms with van der Waals surface area (Å²) in [6.07, 6.45) is 0. The molecule has 0 spiro atoms. The zero-order valence-electron chi connectivity index (χ0n) is 15.5. The van der Waals surface area contributed by atoms with Gasteiger partial charge in [-0.05, 0) is 32.9 Å². The molecule has 0 saturated heterocycles. The lowest BCUT2D eigenvalue weighted by Crippen LogP contribution is -2.32. The quantitative estimate of drug-likeness (QED) is 0.414. The summed E-state index contributed by atoms with van der Waals surface area (Å²) in [5, 5.41) is 10.2. The number of para-hydroxylation sites is 1. The van der Waals surface area contributed by atoms with Gasteiger partial charge in [0.25, 0.3) is 11.1 Å². The van der Waals surface area contributed by atoms with Crippen LogP contribution in [0.25, 0.3) is 21.0 Å². The summed E-state index contributed by atoms with van der Waals surface area (Å²) < 4.78 is 6.77. The highest BCUT2D eigenvalue weighted by Gasteiger charge is 2.20. The molecule has 144 valence electrons. The number of amides is 1. The molecule has 7 nitrogen and oxygen atoms in total.